The van der Waals surface area contributed by atoms with Crippen molar-refractivity contribution in [3.8, 4) is 0 Å². The monoisotopic (exact) mass is 319 g/mol. The Bertz CT molecular complexity index is 922. The number of benzene rings is 2. The van der Waals surface area contributed by atoms with Gasteiger partial charge >= 0.3 is 0 Å². The molecule has 0 aliphatic rings. The third-order valence-corrected chi connectivity index (χ3v) is 4.17. The summed E-state index contributed by atoms with van der Waals surface area (Å²) in [5.41, 5.74) is 8.10. The number of aryl methyl sites for hydroxylation is 3. The summed E-state index contributed by atoms with van der Waals surface area (Å²) >= 11 is 0. The molecule has 0 radical (unpaired) electrons. The van der Waals surface area contributed by atoms with Gasteiger partial charge in [-0.2, -0.15) is 5.10 Å². The Morgan fingerprint density at radius 3 is 2.79 bits per heavy atom. The lowest BCUT2D eigenvalue weighted by atomic mass is 10.0. The third kappa shape index (κ3) is 3.38. The maximum atomic E-state index is 12.1. The maximum Gasteiger partial charge on any atom is 0.244 e. The van der Waals surface area contributed by atoms with Crippen LogP contribution >= 0.6 is 0 Å². The highest BCUT2D eigenvalue weighted by Gasteiger charge is 2.06. The van der Waals surface area contributed by atoms with Gasteiger partial charge in [-0.15, -0.1) is 0 Å². The lowest BCUT2D eigenvalue weighted by Gasteiger charge is -2.05. The summed E-state index contributed by atoms with van der Waals surface area (Å²) in [5, 5.41) is 5.23. The van der Waals surface area contributed by atoms with E-state index in [1.807, 2.05) is 62.0 Å². The lowest BCUT2D eigenvalue weighted by molar-refractivity contribution is -0.120. The molecule has 1 N–H and O–H groups in total. The highest BCUT2D eigenvalue weighted by molar-refractivity contribution is 5.99. The summed E-state index contributed by atoms with van der Waals surface area (Å²) in [5.74, 6) is -0.113. The van der Waals surface area contributed by atoms with Crippen LogP contribution in [0.5, 0.6) is 0 Å². The molecule has 4 heteroatoms. The number of carbonyl (C=O) groups excluding carboxylic acids is 1. The molecule has 2 aromatic carbocycles. The largest absolute Gasteiger partial charge is 0.350 e. The molecule has 4 nitrogen and oxygen atoms in total. The number of hydrogen-bond acceptors (Lipinski definition) is 2. The molecule has 0 aliphatic heterocycles. The van der Waals surface area contributed by atoms with Gasteiger partial charge in [-0.05, 0) is 31.0 Å². The number of nitrogens with zero attached hydrogens (tertiary/aromatic N) is 2. The quantitative estimate of drug-likeness (QED) is 0.581. The number of amides is 1. The average Bonchev–Trinajstić information content (AvgIpc) is 2.87. The van der Waals surface area contributed by atoms with Crippen molar-refractivity contribution >= 4 is 23.0 Å². The van der Waals surface area contributed by atoms with Crippen LogP contribution in [0.1, 0.15) is 22.3 Å². The van der Waals surface area contributed by atoms with E-state index in [2.05, 4.69) is 22.7 Å². The molecule has 1 amide bonds. The van der Waals surface area contributed by atoms with E-state index in [9.17, 15) is 4.79 Å². The summed E-state index contributed by atoms with van der Waals surface area (Å²) < 4.78 is 2.05. The topological polar surface area (TPSA) is 46.4 Å². The van der Waals surface area contributed by atoms with Gasteiger partial charge in [-0.1, -0.05) is 42.0 Å². The molecular weight excluding hydrogens is 298 g/mol. The normalized spacial score (nSPS) is 11.3. The zero-order valence-corrected chi connectivity index (χ0v) is 14.2. The minimum absolute atomic E-state index is 0.113. The fourth-order valence-corrected chi connectivity index (χ4v) is 2.91. The first kappa shape index (κ1) is 16.0. The number of hydrogen-bond donors (Lipinski definition) is 1. The van der Waals surface area contributed by atoms with Gasteiger partial charge in [-0.3, -0.25) is 4.79 Å². The van der Waals surface area contributed by atoms with Gasteiger partial charge in [0.2, 0.25) is 5.91 Å². The molecular formula is C20H21N3O. The van der Waals surface area contributed by atoms with Gasteiger partial charge in [0.05, 0.1) is 12.6 Å². The van der Waals surface area contributed by atoms with Crippen molar-refractivity contribution in [3.63, 3.8) is 0 Å². The molecule has 3 rings (SSSR count). The molecule has 0 aliphatic carbocycles. The molecule has 0 fully saturated rings. The third-order valence-electron chi connectivity index (χ3n) is 4.17. The van der Waals surface area contributed by atoms with E-state index in [4.69, 9.17) is 0 Å². The number of fused-ring (bicyclic) bond motifs is 1. The summed E-state index contributed by atoms with van der Waals surface area (Å²) in [6, 6.07) is 14.2. The molecule has 24 heavy (non-hydrogen) atoms. The Hall–Kier alpha value is -2.88. The van der Waals surface area contributed by atoms with Crippen LogP contribution in [0.25, 0.3) is 10.9 Å². The van der Waals surface area contributed by atoms with E-state index < -0.39 is 0 Å². The SMILES string of the molecule is Cc1ccc(CC(=O)N/N=C\c2cn(C)c3ccccc23)c(C)c1. The molecule has 3 aromatic rings. The molecule has 0 saturated heterocycles. The molecule has 0 unspecified atom stereocenters. The van der Waals surface area contributed by atoms with Gasteiger partial charge < -0.3 is 4.57 Å². The van der Waals surface area contributed by atoms with Gasteiger partial charge in [0.15, 0.2) is 0 Å². The van der Waals surface area contributed by atoms with Crippen LogP contribution in [0.15, 0.2) is 53.8 Å². The van der Waals surface area contributed by atoms with Crippen LogP contribution in [-0.4, -0.2) is 16.7 Å². The first-order valence-electron chi connectivity index (χ1n) is 7.96. The molecule has 122 valence electrons. The minimum atomic E-state index is -0.113. The standard InChI is InChI=1S/C20H21N3O/c1-14-8-9-16(15(2)10-14)11-20(24)22-21-12-17-13-23(3)19-7-5-4-6-18(17)19/h4-10,12-13H,11H2,1-3H3,(H,22,24)/b21-12-. The highest BCUT2D eigenvalue weighted by Crippen LogP contribution is 2.18. The van der Waals surface area contributed by atoms with Crippen molar-refractivity contribution in [3.05, 3.63) is 70.9 Å². The molecule has 1 heterocycles. The Kier molecular flexibility index (Phi) is 4.47. The predicted octanol–water partition coefficient (Wildman–Crippen LogP) is 3.49. The smallest absolute Gasteiger partial charge is 0.244 e. The minimum Gasteiger partial charge on any atom is -0.350 e. The van der Waals surface area contributed by atoms with E-state index in [1.54, 1.807) is 6.21 Å². The number of hydrazone groups is 1. The number of aromatic nitrogens is 1. The van der Waals surface area contributed by atoms with Crippen LogP contribution in [0.2, 0.25) is 0 Å². The van der Waals surface area contributed by atoms with E-state index in [-0.39, 0.29) is 5.91 Å². The van der Waals surface area contributed by atoms with Crippen molar-refractivity contribution in [2.75, 3.05) is 0 Å². The Morgan fingerprint density at radius 2 is 2.00 bits per heavy atom. The van der Waals surface area contributed by atoms with Crippen molar-refractivity contribution in [2.45, 2.75) is 20.3 Å². The zero-order valence-electron chi connectivity index (χ0n) is 14.2. The molecule has 0 bridgehead atoms. The summed E-state index contributed by atoms with van der Waals surface area (Å²) in [7, 11) is 2.00. The second-order valence-electron chi connectivity index (χ2n) is 6.11. The highest BCUT2D eigenvalue weighted by atomic mass is 16.2. The molecule has 0 saturated carbocycles. The van der Waals surface area contributed by atoms with E-state index >= 15 is 0 Å². The van der Waals surface area contributed by atoms with Crippen molar-refractivity contribution < 1.29 is 4.79 Å². The van der Waals surface area contributed by atoms with Gasteiger partial charge in [0, 0.05) is 29.7 Å². The fraction of sp³-hybridized carbons (Fsp3) is 0.200. The Balaban J connectivity index is 1.68. The van der Waals surface area contributed by atoms with Gasteiger partial charge in [0.1, 0.15) is 0 Å². The molecule has 1 aromatic heterocycles. The lowest BCUT2D eigenvalue weighted by Crippen LogP contribution is -2.20. The van der Waals surface area contributed by atoms with Crippen LogP contribution in [0.3, 0.4) is 0 Å². The molecule has 0 atom stereocenters. The van der Waals surface area contributed by atoms with E-state index in [0.717, 1.165) is 27.6 Å². The Labute approximate surface area is 141 Å². The maximum absolute atomic E-state index is 12.1. The van der Waals surface area contributed by atoms with Gasteiger partial charge in [-0.25, -0.2) is 5.43 Å². The first-order chi connectivity index (χ1) is 11.5. The molecule has 0 spiro atoms. The van der Waals surface area contributed by atoms with E-state index in [1.165, 1.54) is 5.56 Å². The number of carbonyl (C=O) groups is 1. The van der Waals surface area contributed by atoms with Crippen LogP contribution < -0.4 is 5.43 Å². The zero-order chi connectivity index (χ0) is 17.1. The van der Waals surface area contributed by atoms with Crippen LogP contribution in [0, 0.1) is 13.8 Å². The van der Waals surface area contributed by atoms with Crippen LogP contribution in [0.4, 0.5) is 0 Å². The van der Waals surface area contributed by atoms with Crippen molar-refractivity contribution in [2.24, 2.45) is 12.1 Å². The second kappa shape index (κ2) is 6.71. The summed E-state index contributed by atoms with van der Waals surface area (Å²) in [4.78, 5) is 12.1. The summed E-state index contributed by atoms with van der Waals surface area (Å²) in [6.45, 7) is 4.07. The summed E-state index contributed by atoms with van der Waals surface area (Å²) in [6.07, 6.45) is 4.03. The van der Waals surface area contributed by atoms with E-state index in [0.29, 0.717) is 6.42 Å². The van der Waals surface area contributed by atoms with Crippen molar-refractivity contribution in [1.82, 2.24) is 9.99 Å². The average molecular weight is 319 g/mol. The van der Waals surface area contributed by atoms with Crippen LogP contribution in [-0.2, 0) is 18.3 Å². The fourth-order valence-electron chi connectivity index (χ4n) is 2.91. The number of rotatable bonds is 4. The number of nitrogens with one attached hydrogen (secondary N) is 1. The predicted molar refractivity (Wildman–Crippen MR) is 98.3 cm³/mol. The Morgan fingerprint density at radius 1 is 1.21 bits per heavy atom. The van der Waals surface area contributed by atoms with Crippen molar-refractivity contribution in [1.29, 1.82) is 0 Å². The number of para-hydroxylation sites is 1. The first-order valence-corrected chi connectivity index (χ1v) is 7.96. The van der Waals surface area contributed by atoms with Gasteiger partial charge in [0.25, 0.3) is 0 Å². The second-order valence-corrected chi connectivity index (χ2v) is 6.11.